The molecule has 0 bridgehead atoms. The van der Waals surface area contributed by atoms with Crippen molar-refractivity contribution in [3.05, 3.63) is 73.8 Å². The summed E-state index contributed by atoms with van der Waals surface area (Å²) in [6.45, 7) is 6.97. The number of likely N-dealkylation sites (N-methyl/N-ethyl adjacent to an activating group) is 2. The maximum absolute atomic E-state index is 11.6. The van der Waals surface area contributed by atoms with Gasteiger partial charge in [0.15, 0.2) is 0 Å². The number of rotatable bonds is 6. The lowest BCUT2D eigenvalue weighted by Gasteiger charge is -2.17. The first kappa shape index (κ1) is 18.0. The second-order valence-electron chi connectivity index (χ2n) is 5.42. The highest BCUT2D eigenvalue weighted by Crippen LogP contribution is 2.23. The zero-order chi connectivity index (χ0) is 18.4. The molecule has 0 saturated carbocycles. The number of nitrogens with zero attached hydrogens (tertiary/aromatic N) is 2. The lowest BCUT2D eigenvalue weighted by molar-refractivity contribution is -0.114. The van der Waals surface area contributed by atoms with Crippen LogP contribution in [0.4, 0.5) is 22.7 Å². The van der Waals surface area contributed by atoms with Crippen molar-refractivity contribution >= 4 is 34.6 Å². The second kappa shape index (κ2) is 7.97. The smallest absolute Gasteiger partial charge is 0.250 e. The van der Waals surface area contributed by atoms with Gasteiger partial charge in [0.05, 0.1) is 0 Å². The minimum Gasteiger partial charge on any atom is -0.356 e. The summed E-state index contributed by atoms with van der Waals surface area (Å²) in [6.07, 6.45) is 2.56. The molecular formula is C20H21N3O2. The predicted octanol–water partition coefficient (Wildman–Crippen LogP) is 3.73. The van der Waals surface area contributed by atoms with E-state index in [1.807, 2.05) is 48.5 Å². The van der Waals surface area contributed by atoms with E-state index in [0.29, 0.717) is 0 Å². The molecule has 2 aromatic rings. The van der Waals surface area contributed by atoms with Crippen molar-refractivity contribution in [2.24, 2.45) is 0 Å². The van der Waals surface area contributed by atoms with Gasteiger partial charge in [-0.25, -0.2) is 0 Å². The fraction of sp³-hybridized carbons (Fsp3) is 0.100. The molecule has 0 aliphatic heterocycles. The number of amides is 2. The van der Waals surface area contributed by atoms with E-state index in [0.717, 1.165) is 22.7 Å². The molecule has 0 saturated heterocycles. The SMILES string of the molecule is C=CC(=O)N(C)c1ccc(Nc2ccc(N(C)C(=O)C=C)cc2)cc1. The molecule has 5 nitrogen and oxygen atoms in total. The van der Waals surface area contributed by atoms with Crippen molar-refractivity contribution in [3.63, 3.8) is 0 Å². The molecular weight excluding hydrogens is 314 g/mol. The zero-order valence-electron chi connectivity index (χ0n) is 14.4. The summed E-state index contributed by atoms with van der Waals surface area (Å²) in [6, 6.07) is 15.0. The van der Waals surface area contributed by atoms with E-state index in [2.05, 4.69) is 18.5 Å². The third-order valence-corrected chi connectivity index (χ3v) is 3.81. The Morgan fingerprint density at radius 2 is 1.08 bits per heavy atom. The number of benzene rings is 2. The third-order valence-electron chi connectivity index (χ3n) is 3.81. The highest BCUT2D eigenvalue weighted by Gasteiger charge is 2.08. The van der Waals surface area contributed by atoms with Crippen molar-refractivity contribution in [3.8, 4) is 0 Å². The van der Waals surface area contributed by atoms with Crippen LogP contribution < -0.4 is 15.1 Å². The molecule has 2 rings (SSSR count). The molecule has 0 aliphatic carbocycles. The van der Waals surface area contributed by atoms with Crippen molar-refractivity contribution in [1.82, 2.24) is 0 Å². The van der Waals surface area contributed by atoms with Crippen LogP contribution in [0.15, 0.2) is 73.8 Å². The number of carbonyl (C=O) groups is 2. The van der Waals surface area contributed by atoms with E-state index < -0.39 is 0 Å². The first-order chi connectivity index (χ1) is 12.0. The summed E-state index contributed by atoms with van der Waals surface area (Å²) >= 11 is 0. The minimum absolute atomic E-state index is 0.158. The van der Waals surface area contributed by atoms with Crippen molar-refractivity contribution in [2.45, 2.75) is 0 Å². The fourth-order valence-corrected chi connectivity index (χ4v) is 2.23. The lowest BCUT2D eigenvalue weighted by atomic mass is 10.2. The van der Waals surface area contributed by atoms with Gasteiger partial charge in [-0.1, -0.05) is 13.2 Å². The van der Waals surface area contributed by atoms with Crippen LogP contribution in [-0.4, -0.2) is 25.9 Å². The summed E-state index contributed by atoms with van der Waals surface area (Å²) in [5.74, 6) is -0.316. The highest BCUT2D eigenvalue weighted by molar-refractivity contribution is 6.01. The number of anilines is 4. The van der Waals surface area contributed by atoms with E-state index in [1.54, 1.807) is 14.1 Å². The average molecular weight is 335 g/mol. The summed E-state index contributed by atoms with van der Waals surface area (Å²) in [5, 5.41) is 3.28. The molecule has 128 valence electrons. The highest BCUT2D eigenvalue weighted by atomic mass is 16.2. The molecule has 0 heterocycles. The predicted molar refractivity (Wildman–Crippen MR) is 103 cm³/mol. The maximum atomic E-state index is 11.6. The molecule has 2 amide bonds. The van der Waals surface area contributed by atoms with Crippen LogP contribution in [0, 0.1) is 0 Å². The van der Waals surface area contributed by atoms with Gasteiger partial charge >= 0.3 is 0 Å². The van der Waals surface area contributed by atoms with E-state index in [1.165, 1.54) is 22.0 Å². The van der Waals surface area contributed by atoms with Crippen LogP contribution in [0.3, 0.4) is 0 Å². The number of nitrogens with one attached hydrogen (secondary N) is 1. The van der Waals surface area contributed by atoms with Crippen LogP contribution >= 0.6 is 0 Å². The topological polar surface area (TPSA) is 52.7 Å². The molecule has 25 heavy (non-hydrogen) atoms. The van der Waals surface area contributed by atoms with Crippen LogP contribution in [0.25, 0.3) is 0 Å². The first-order valence-corrected chi connectivity index (χ1v) is 7.73. The quantitative estimate of drug-likeness (QED) is 0.819. The minimum atomic E-state index is -0.158. The summed E-state index contributed by atoms with van der Waals surface area (Å²) in [5.41, 5.74) is 3.36. The Morgan fingerprint density at radius 3 is 1.36 bits per heavy atom. The van der Waals surface area contributed by atoms with Crippen LogP contribution in [0.1, 0.15) is 0 Å². The molecule has 0 aromatic heterocycles. The second-order valence-corrected chi connectivity index (χ2v) is 5.42. The summed E-state index contributed by atoms with van der Waals surface area (Å²) in [4.78, 5) is 26.3. The number of hydrogen-bond acceptors (Lipinski definition) is 3. The lowest BCUT2D eigenvalue weighted by Crippen LogP contribution is -2.23. The van der Waals surface area contributed by atoms with Gasteiger partial charge in [0.2, 0.25) is 11.8 Å². The van der Waals surface area contributed by atoms with Crippen molar-refractivity contribution in [2.75, 3.05) is 29.2 Å². The monoisotopic (exact) mass is 335 g/mol. The fourth-order valence-electron chi connectivity index (χ4n) is 2.23. The van der Waals surface area contributed by atoms with E-state index >= 15 is 0 Å². The molecule has 0 atom stereocenters. The number of hydrogen-bond donors (Lipinski definition) is 1. The molecule has 0 aliphatic rings. The Balaban J connectivity index is 2.07. The third kappa shape index (κ3) is 4.35. The van der Waals surface area contributed by atoms with Gasteiger partial charge in [0.25, 0.3) is 0 Å². The molecule has 0 spiro atoms. The van der Waals surface area contributed by atoms with Crippen LogP contribution in [0.5, 0.6) is 0 Å². The molecule has 1 N–H and O–H groups in total. The standard InChI is InChI=1S/C20H21N3O2/c1-5-19(24)22(3)17-11-7-15(8-12-17)21-16-9-13-18(14-10-16)23(4)20(25)6-2/h5-14,21H,1-2H2,3-4H3. The van der Waals surface area contributed by atoms with Gasteiger partial charge in [-0.15, -0.1) is 0 Å². The number of carbonyl (C=O) groups excluding carboxylic acids is 2. The van der Waals surface area contributed by atoms with E-state index in [-0.39, 0.29) is 11.8 Å². The molecule has 0 radical (unpaired) electrons. The summed E-state index contributed by atoms with van der Waals surface area (Å²) in [7, 11) is 3.40. The van der Waals surface area contributed by atoms with Crippen LogP contribution in [0.2, 0.25) is 0 Å². The van der Waals surface area contributed by atoms with Gasteiger partial charge in [-0.05, 0) is 60.7 Å². The molecule has 0 fully saturated rings. The Bertz CT molecular complexity index is 712. The van der Waals surface area contributed by atoms with Gasteiger partial charge in [0.1, 0.15) is 0 Å². The van der Waals surface area contributed by atoms with E-state index in [4.69, 9.17) is 0 Å². The molecule has 2 aromatic carbocycles. The van der Waals surface area contributed by atoms with Gasteiger partial charge < -0.3 is 15.1 Å². The maximum Gasteiger partial charge on any atom is 0.250 e. The normalized spacial score (nSPS) is 9.84. The zero-order valence-corrected chi connectivity index (χ0v) is 14.4. The largest absolute Gasteiger partial charge is 0.356 e. The van der Waals surface area contributed by atoms with Crippen molar-refractivity contribution < 1.29 is 9.59 Å². The van der Waals surface area contributed by atoms with Gasteiger partial charge in [0, 0.05) is 36.8 Å². The Morgan fingerprint density at radius 1 is 0.760 bits per heavy atom. The Labute approximate surface area is 147 Å². The van der Waals surface area contributed by atoms with E-state index in [9.17, 15) is 9.59 Å². The Kier molecular flexibility index (Phi) is 5.74. The average Bonchev–Trinajstić information content (AvgIpc) is 2.66. The summed E-state index contributed by atoms with van der Waals surface area (Å²) < 4.78 is 0. The van der Waals surface area contributed by atoms with Gasteiger partial charge in [-0.3, -0.25) is 9.59 Å². The first-order valence-electron chi connectivity index (χ1n) is 7.73. The van der Waals surface area contributed by atoms with Gasteiger partial charge in [-0.2, -0.15) is 0 Å². The van der Waals surface area contributed by atoms with Crippen LogP contribution in [-0.2, 0) is 9.59 Å². The molecule has 5 heteroatoms. The Hall–Kier alpha value is -3.34. The van der Waals surface area contributed by atoms with Crippen molar-refractivity contribution in [1.29, 1.82) is 0 Å². The molecule has 0 unspecified atom stereocenters.